The van der Waals surface area contributed by atoms with Gasteiger partial charge in [0.1, 0.15) is 0 Å². The number of hydrogen-bond acceptors (Lipinski definition) is 4. The van der Waals surface area contributed by atoms with Crippen LogP contribution in [0.25, 0.3) is 86.2 Å². The summed E-state index contributed by atoms with van der Waals surface area (Å²) in [6.07, 6.45) is 14.5. The maximum Gasteiger partial charge on any atom is 0.0468 e. The number of anilines is 11. The van der Waals surface area contributed by atoms with E-state index in [2.05, 4.69) is 378 Å². The maximum atomic E-state index is 2.51. The van der Waals surface area contributed by atoms with Gasteiger partial charge in [0.25, 0.3) is 0 Å². The summed E-state index contributed by atoms with van der Waals surface area (Å²) in [5.74, 6) is 0.281. The molecule has 0 N–H and O–H groups in total. The minimum absolute atomic E-state index is 0.281. The second-order valence-corrected chi connectivity index (χ2v) is 24.8. The molecular formula is C90H62N4. The highest BCUT2D eigenvalue weighted by Crippen LogP contribution is 2.51. The van der Waals surface area contributed by atoms with Crippen LogP contribution in [0.1, 0.15) is 6.42 Å². The van der Waals surface area contributed by atoms with Gasteiger partial charge in [0, 0.05) is 74.2 Å². The van der Waals surface area contributed by atoms with Crippen LogP contribution in [0.15, 0.2) is 369 Å². The number of rotatable bonds is 12. The molecule has 4 nitrogen and oxygen atoms in total. The van der Waals surface area contributed by atoms with E-state index in [1.54, 1.807) is 0 Å². The first kappa shape index (κ1) is 54.7. The molecule has 94 heavy (non-hydrogen) atoms. The molecule has 1 unspecified atom stereocenters. The lowest BCUT2D eigenvalue weighted by molar-refractivity contribution is 0.732. The van der Waals surface area contributed by atoms with Crippen LogP contribution in [0.3, 0.4) is 0 Å². The number of benzene rings is 16. The van der Waals surface area contributed by atoms with Crippen molar-refractivity contribution in [3.8, 4) is 0 Å². The summed E-state index contributed by atoms with van der Waals surface area (Å²) in [6, 6.07) is 119. The first-order valence-corrected chi connectivity index (χ1v) is 32.6. The van der Waals surface area contributed by atoms with E-state index in [1.807, 2.05) is 0 Å². The van der Waals surface area contributed by atoms with Gasteiger partial charge in [-0.05, 0) is 238 Å². The van der Waals surface area contributed by atoms with Crippen molar-refractivity contribution >= 4 is 149 Å². The third kappa shape index (κ3) is 9.54. The Morgan fingerprint density at radius 1 is 0.223 bits per heavy atom. The molecule has 0 aromatic heterocycles. The van der Waals surface area contributed by atoms with Gasteiger partial charge < -0.3 is 19.6 Å². The molecule has 0 radical (unpaired) electrons. The fraction of sp³-hybridized carbons (Fsp3) is 0.0222. The number of fused-ring (bicyclic) bond motifs is 15. The molecule has 2 aliphatic rings. The van der Waals surface area contributed by atoms with E-state index in [-0.39, 0.29) is 5.92 Å². The first-order valence-electron chi connectivity index (χ1n) is 32.6. The van der Waals surface area contributed by atoms with Crippen LogP contribution in [0, 0.1) is 5.92 Å². The molecule has 2 aliphatic carbocycles. The van der Waals surface area contributed by atoms with Gasteiger partial charge in [-0.25, -0.2) is 0 Å². The SMILES string of the molecule is C1=CC2=CC=C(N(c3ccccc3)c3ccc4c5ccc(N(c6ccccc6)c6ccc7ccccc7c6)cc5c5c6cc(N(c7ccccc7)c7ccc8ccccc8c7)ccc6c6ccc(N(c7ccccc7)c7ccc8ccccc8c7)cc6c5c4c3)CC2C=C1. The third-order valence-electron chi connectivity index (χ3n) is 19.3. The topological polar surface area (TPSA) is 13.0 Å². The zero-order chi connectivity index (χ0) is 62.1. The highest BCUT2D eigenvalue weighted by molar-refractivity contribution is 6.40. The predicted molar refractivity (Wildman–Crippen MR) is 402 cm³/mol. The lowest BCUT2D eigenvalue weighted by atomic mass is 9.85. The molecule has 18 rings (SSSR count). The lowest BCUT2D eigenvalue weighted by Crippen LogP contribution is -2.21. The predicted octanol–water partition coefficient (Wildman–Crippen LogP) is 25.4. The molecule has 0 aliphatic heterocycles. The average Bonchev–Trinajstić information content (AvgIpc) is 0.701. The van der Waals surface area contributed by atoms with E-state index in [1.165, 1.54) is 97.4 Å². The highest BCUT2D eigenvalue weighted by atomic mass is 15.2. The van der Waals surface area contributed by atoms with Crippen LogP contribution in [0.5, 0.6) is 0 Å². The van der Waals surface area contributed by atoms with Gasteiger partial charge in [-0.15, -0.1) is 0 Å². The summed E-state index contributed by atoms with van der Waals surface area (Å²) in [4.78, 5) is 9.81. The molecule has 16 aromatic rings. The van der Waals surface area contributed by atoms with Crippen molar-refractivity contribution in [3.05, 3.63) is 369 Å². The highest BCUT2D eigenvalue weighted by Gasteiger charge is 2.27. The Bertz CT molecular complexity index is 5650. The number of hydrogen-bond donors (Lipinski definition) is 0. The van der Waals surface area contributed by atoms with Crippen molar-refractivity contribution < 1.29 is 0 Å². The van der Waals surface area contributed by atoms with Crippen LogP contribution >= 0.6 is 0 Å². The van der Waals surface area contributed by atoms with E-state index < -0.39 is 0 Å². The Morgan fingerprint density at radius 2 is 0.521 bits per heavy atom. The first-order chi connectivity index (χ1) is 46.6. The Balaban J connectivity index is 0.985. The summed E-state index contributed by atoms with van der Waals surface area (Å²) in [5, 5.41) is 19.0. The van der Waals surface area contributed by atoms with E-state index >= 15 is 0 Å². The Morgan fingerprint density at radius 3 is 0.883 bits per heavy atom. The normalized spacial score (nSPS) is 13.6. The van der Waals surface area contributed by atoms with Crippen molar-refractivity contribution in [3.63, 3.8) is 0 Å². The fourth-order valence-corrected chi connectivity index (χ4v) is 15.0. The summed E-state index contributed by atoms with van der Waals surface area (Å²) in [6.45, 7) is 0. The van der Waals surface area contributed by atoms with Gasteiger partial charge in [-0.1, -0.05) is 218 Å². The van der Waals surface area contributed by atoms with Crippen LogP contribution in [-0.2, 0) is 0 Å². The van der Waals surface area contributed by atoms with Crippen LogP contribution in [0.2, 0.25) is 0 Å². The molecule has 442 valence electrons. The lowest BCUT2D eigenvalue weighted by Gasteiger charge is -2.33. The van der Waals surface area contributed by atoms with E-state index in [0.29, 0.717) is 0 Å². The Labute approximate surface area is 546 Å². The molecule has 0 spiro atoms. The molecule has 0 saturated carbocycles. The smallest absolute Gasteiger partial charge is 0.0468 e. The summed E-state index contributed by atoms with van der Waals surface area (Å²) < 4.78 is 0. The molecule has 0 fully saturated rings. The standard InChI is InChI=1S/C90H62N4/c1-5-29-69(30-6-1)91(73-41-37-61-21-13-17-25-65(61)53-73)77-45-49-81-82-50-46-79(93(71-33-9-3-10-34-71)75-43-39-63-23-15-19-27-67(63)55-75)59-87(82)90-88-60-80(94(72-35-11-4-12-36-72)76-44-40-64-24-16-20-28-68(64)56-76)48-52-84(88)83-51-47-78(58-86(83)89(90)85(81)57-77)92(70-31-7-2-8-32-70)74-42-38-62-22-14-18-26-66(62)54-74/h1-55,57-60,68H,56H2. The maximum absolute atomic E-state index is 2.51. The van der Waals surface area contributed by atoms with Gasteiger partial charge in [-0.3, -0.25) is 0 Å². The second kappa shape index (κ2) is 22.9. The van der Waals surface area contributed by atoms with E-state index in [4.69, 9.17) is 0 Å². The quantitative estimate of drug-likeness (QED) is 0.113. The Hall–Kier alpha value is -12.2. The van der Waals surface area contributed by atoms with Crippen molar-refractivity contribution in [2.75, 3.05) is 19.6 Å². The monoisotopic (exact) mass is 1200 g/mol. The molecule has 1 atom stereocenters. The van der Waals surface area contributed by atoms with Crippen molar-refractivity contribution in [2.45, 2.75) is 6.42 Å². The van der Waals surface area contributed by atoms with Crippen molar-refractivity contribution in [1.29, 1.82) is 0 Å². The van der Waals surface area contributed by atoms with Gasteiger partial charge >= 0.3 is 0 Å². The van der Waals surface area contributed by atoms with Gasteiger partial charge in [0.05, 0.1) is 0 Å². The fourth-order valence-electron chi connectivity index (χ4n) is 15.0. The molecule has 0 amide bonds. The summed E-state index contributed by atoms with van der Waals surface area (Å²) in [5.41, 5.74) is 14.5. The second-order valence-electron chi connectivity index (χ2n) is 24.8. The molecule has 16 aromatic carbocycles. The van der Waals surface area contributed by atoms with E-state index in [0.717, 1.165) is 69.0 Å². The number of para-hydroxylation sites is 4. The number of nitrogens with zero attached hydrogens (tertiary/aromatic N) is 4. The van der Waals surface area contributed by atoms with Crippen molar-refractivity contribution in [1.82, 2.24) is 0 Å². The number of allylic oxidation sites excluding steroid dienone is 8. The molecule has 0 saturated heterocycles. The minimum Gasteiger partial charge on any atom is -0.314 e. The zero-order valence-electron chi connectivity index (χ0n) is 51.6. The minimum atomic E-state index is 0.281. The van der Waals surface area contributed by atoms with E-state index in [9.17, 15) is 0 Å². The third-order valence-corrected chi connectivity index (χ3v) is 19.3. The zero-order valence-corrected chi connectivity index (χ0v) is 51.6. The van der Waals surface area contributed by atoms with Gasteiger partial charge in [0.15, 0.2) is 0 Å². The van der Waals surface area contributed by atoms with Crippen molar-refractivity contribution in [2.24, 2.45) is 5.92 Å². The van der Waals surface area contributed by atoms with Gasteiger partial charge in [0.2, 0.25) is 0 Å². The van der Waals surface area contributed by atoms with Gasteiger partial charge in [-0.2, -0.15) is 0 Å². The van der Waals surface area contributed by atoms with Crippen LogP contribution in [0.4, 0.5) is 62.6 Å². The molecule has 0 heterocycles. The molecular weight excluding hydrogens is 1140 g/mol. The largest absolute Gasteiger partial charge is 0.314 e. The molecule has 0 bridgehead atoms. The Kier molecular flexibility index (Phi) is 13.3. The van der Waals surface area contributed by atoms with Crippen LogP contribution in [-0.4, -0.2) is 0 Å². The average molecular weight is 1200 g/mol. The molecule has 4 heteroatoms. The summed E-state index contributed by atoms with van der Waals surface area (Å²) in [7, 11) is 0. The van der Waals surface area contributed by atoms with Crippen LogP contribution < -0.4 is 19.6 Å². The summed E-state index contributed by atoms with van der Waals surface area (Å²) >= 11 is 0.